The van der Waals surface area contributed by atoms with Gasteiger partial charge < -0.3 is 5.32 Å². The second-order valence-electron chi connectivity index (χ2n) is 5.69. The molecule has 1 rings (SSSR count). The van der Waals surface area contributed by atoms with Crippen LogP contribution in [0.5, 0.6) is 0 Å². The fourth-order valence-electron chi connectivity index (χ4n) is 1.42. The van der Waals surface area contributed by atoms with Crippen molar-refractivity contribution in [1.82, 2.24) is 5.32 Å². The van der Waals surface area contributed by atoms with Gasteiger partial charge in [0.15, 0.2) is 0 Å². The molecule has 0 fully saturated rings. The van der Waals surface area contributed by atoms with E-state index in [4.69, 9.17) is 0 Å². The third kappa shape index (κ3) is 5.77. The number of benzene rings is 1. The van der Waals surface area contributed by atoms with E-state index in [1.165, 1.54) is 21.4 Å². The molecule has 0 heterocycles. The van der Waals surface area contributed by atoms with Crippen LogP contribution >= 0.6 is 27.7 Å². The lowest BCUT2D eigenvalue weighted by Crippen LogP contribution is -2.35. The molecule has 1 unspecified atom stereocenters. The van der Waals surface area contributed by atoms with Crippen molar-refractivity contribution in [2.24, 2.45) is 0 Å². The minimum absolute atomic E-state index is 0.156. The lowest BCUT2D eigenvalue weighted by Gasteiger charge is -2.21. The van der Waals surface area contributed by atoms with E-state index >= 15 is 0 Å². The van der Waals surface area contributed by atoms with E-state index in [2.05, 4.69) is 74.1 Å². The predicted molar refractivity (Wildman–Crippen MR) is 86.3 cm³/mol. The summed E-state index contributed by atoms with van der Waals surface area (Å²) in [6.45, 7) is 12.0. The fraction of sp³-hybridized carbons (Fsp3) is 0.600. The zero-order valence-electron chi connectivity index (χ0n) is 12.0. The molecule has 0 saturated heterocycles. The van der Waals surface area contributed by atoms with Crippen LogP contribution in [0.3, 0.4) is 0 Å². The Morgan fingerprint density at radius 3 is 2.50 bits per heavy atom. The first-order valence-corrected chi connectivity index (χ1v) is 8.19. The maximum atomic E-state index is 3.67. The van der Waals surface area contributed by atoms with Crippen LogP contribution in [0.2, 0.25) is 0 Å². The molecule has 1 nitrogen and oxygen atoms in total. The van der Waals surface area contributed by atoms with E-state index < -0.39 is 0 Å². The SMILES string of the molecule is CCC(C)Sc1ccc(CNC(C)(C)C)c(Br)c1. The van der Waals surface area contributed by atoms with Gasteiger partial charge in [-0.2, -0.15) is 0 Å². The number of hydrogen-bond acceptors (Lipinski definition) is 2. The molecule has 102 valence electrons. The van der Waals surface area contributed by atoms with Gasteiger partial charge in [-0.3, -0.25) is 0 Å². The summed E-state index contributed by atoms with van der Waals surface area (Å²) in [5, 5.41) is 4.19. The molecule has 0 saturated carbocycles. The molecule has 1 aromatic carbocycles. The molecule has 1 atom stereocenters. The Balaban J connectivity index is 2.68. The lowest BCUT2D eigenvalue weighted by atomic mass is 10.1. The highest BCUT2D eigenvalue weighted by Crippen LogP contribution is 2.29. The number of rotatable bonds is 5. The van der Waals surface area contributed by atoms with Gasteiger partial charge in [-0.1, -0.05) is 35.8 Å². The molecule has 18 heavy (non-hydrogen) atoms. The van der Waals surface area contributed by atoms with Crippen LogP contribution in [0.1, 0.15) is 46.6 Å². The summed E-state index contributed by atoms with van der Waals surface area (Å²) < 4.78 is 1.20. The molecular weight excluding hydrogens is 306 g/mol. The van der Waals surface area contributed by atoms with Gasteiger partial charge in [0.1, 0.15) is 0 Å². The minimum Gasteiger partial charge on any atom is -0.308 e. The van der Waals surface area contributed by atoms with Crippen LogP contribution in [-0.4, -0.2) is 10.8 Å². The van der Waals surface area contributed by atoms with Crippen LogP contribution in [0.25, 0.3) is 0 Å². The van der Waals surface area contributed by atoms with Crippen LogP contribution in [0, 0.1) is 0 Å². The van der Waals surface area contributed by atoms with Gasteiger partial charge in [-0.15, -0.1) is 11.8 Å². The number of nitrogens with one attached hydrogen (secondary N) is 1. The van der Waals surface area contributed by atoms with Gasteiger partial charge in [0.25, 0.3) is 0 Å². The molecular formula is C15H24BrNS. The third-order valence-electron chi connectivity index (χ3n) is 2.75. The Hall–Kier alpha value is 0.01000. The molecule has 3 heteroatoms. The molecule has 0 radical (unpaired) electrons. The van der Waals surface area contributed by atoms with Crippen LogP contribution in [0.15, 0.2) is 27.6 Å². The molecule has 1 aromatic rings. The summed E-state index contributed by atoms with van der Waals surface area (Å²) in [6, 6.07) is 6.67. The summed E-state index contributed by atoms with van der Waals surface area (Å²) in [7, 11) is 0. The van der Waals surface area contributed by atoms with Crippen molar-refractivity contribution in [2.75, 3.05) is 0 Å². The first-order chi connectivity index (χ1) is 8.31. The van der Waals surface area contributed by atoms with E-state index in [9.17, 15) is 0 Å². The fourth-order valence-corrected chi connectivity index (χ4v) is 3.06. The Morgan fingerprint density at radius 1 is 1.33 bits per heavy atom. The van der Waals surface area contributed by atoms with E-state index in [1.807, 2.05) is 11.8 Å². The monoisotopic (exact) mass is 329 g/mol. The first kappa shape index (κ1) is 16.1. The van der Waals surface area contributed by atoms with Crippen molar-refractivity contribution in [1.29, 1.82) is 0 Å². The summed E-state index contributed by atoms with van der Waals surface area (Å²) in [5.41, 5.74) is 1.47. The highest BCUT2D eigenvalue weighted by molar-refractivity contribution is 9.10. The van der Waals surface area contributed by atoms with Crippen molar-refractivity contribution in [3.8, 4) is 0 Å². The second kappa shape index (κ2) is 6.97. The molecule has 0 amide bonds. The number of hydrogen-bond donors (Lipinski definition) is 1. The summed E-state index contributed by atoms with van der Waals surface area (Å²) in [4.78, 5) is 1.34. The summed E-state index contributed by atoms with van der Waals surface area (Å²) in [5.74, 6) is 0. The normalized spacial score (nSPS) is 13.7. The Kier molecular flexibility index (Phi) is 6.22. The van der Waals surface area contributed by atoms with Crippen molar-refractivity contribution >= 4 is 27.7 Å². The zero-order chi connectivity index (χ0) is 13.8. The van der Waals surface area contributed by atoms with Crippen molar-refractivity contribution < 1.29 is 0 Å². The molecule has 1 N–H and O–H groups in total. The van der Waals surface area contributed by atoms with Crippen molar-refractivity contribution in [3.63, 3.8) is 0 Å². The van der Waals surface area contributed by atoms with Gasteiger partial charge in [0, 0.05) is 26.7 Å². The van der Waals surface area contributed by atoms with Crippen molar-refractivity contribution in [2.45, 2.75) is 63.3 Å². The molecule has 0 aromatic heterocycles. The first-order valence-electron chi connectivity index (χ1n) is 6.52. The van der Waals surface area contributed by atoms with Crippen molar-refractivity contribution in [3.05, 3.63) is 28.2 Å². The van der Waals surface area contributed by atoms with Gasteiger partial charge in [-0.05, 0) is 44.9 Å². The topological polar surface area (TPSA) is 12.0 Å². The van der Waals surface area contributed by atoms with Gasteiger partial charge in [0.05, 0.1) is 0 Å². The Bertz CT molecular complexity index is 385. The maximum absolute atomic E-state index is 3.67. The molecule has 0 aliphatic heterocycles. The second-order valence-corrected chi connectivity index (χ2v) is 8.06. The maximum Gasteiger partial charge on any atom is 0.0231 e. The predicted octanol–water partition coefficient (Wildman–Crippen LogP) is 5.23. The average Bonchev–Trinajstić information content (AvgIpc) is 2.26. The zero-order valence-corrected chi connectivity index (χ0v) is 14.4. The number of thioether (sulfide) groups is 1. The van der Waals surface area contributed by atoms with E-state index in [0.717, 1.165) is 6.54 Å². The minimum atomic E-state index is 0.156. The van der Waals surface area contributed by atoms with Crippen LogP contribution in [-0.2, 0) is 6.54 Å². The highest BCUT2D eigenvalue weighted by atomic mass is 79.9. The smallest absolute Gasteiger partial charge is 0.0231 e. The van der Waals surface area contributed by atoms with Gasteiger partial charge in [0.2, 0.25) is 0 Å². The standard InChI is InChI=1S/C15H24BrNS/c1-6-11(2)18-13-8-7-12(14(16)9-13)10-17-15(3,4)5/h7-9,11,17H,6,10H2,1-5H3. The van der Waals surface area contributed by atoms with E-state index in [0.29, 0.717) is 5.25 Å². The summed E-state index contributed by atoms with van der Waals surface area (Å²) in [6.07, 6.45) is 1.20. The van der Waals surface area contributed by atoms with Crippen LogP contribution < -0.4 is 5.32 Å². The lowest BCUT2D eigenvalue weighted by molar-refractivity contribution is 0.424. The van der Waals surface area contributed by atoms with Gasteiger partial charge in [-0.25, -0.2) is 0 Å². The Labute approximate surface area is 124 Å². The summed E-state index contributed by atoms with van der Waals surface area (Å²) >= 11 is 5.61. The molecule has 0 bridgehead atoms. The molecule has 0 aliphatic rings. The Morgan fingerprint density at radius 2 is 2.00 bits per heavy atom. The van der Waals surface area contributed by atoms with Crippen LogP contribution in [0.4, 0.5) is 0 Å². The van der Waals surface area contributed by atoms with E-state index in [1.54, 1.807) is 0 Å². The third-order valence-corrected chi connectivity index (χ3v) is 4.75. The van der Waals surface area contributed by atoms with E-state index in [-0.39, 0.29) is 5.54 Å². The quantitative estimate of drug-likeness (QED) is 0.742. The average molecular weight is 330 g/mol. The largest absolute Gasteiger partial charge is 0.308 e. The van der Waals surface area contributed by atoms with Gasteiger partial charge >= 0.3 is 0 Å². The molecule has 0 aliphatic carbocycles. The highest BCUT2D eigenvalue weighted by Gasteiger charge is 2.10. The molecule has 0 spiro atoms. The number of halogens is 1.